The van der Waals surface area contributed by atoms with Crippen molar-refractivity contribution in [2.24, 2.45) is 0 Å². The Bertz CT molecular complexity index is 3270. The third-order valence-corrected chi connectivity index (χ3v) is 12.1. The van der Waals surface area contributed by atoms with Gasteiger partial charge in [-0.3, -0.25) is 0 Å². The molecule has 0 fully saturated rings. The number of hydrogen-bond acceptors (Lipinski definition) is 1. The van der Waals surface area contributed by atoms with Gasteiger partial charge < -0.3 is 4.42 Å². The molecule has 1 heterocycles. The summed E-state index contributed by atoms with van der Waals surface area (Å²) >= 11 is 0. The fourth-order valence-electron chi connectivity index (χ4n) is 9.39. The number of fused-ring (bicyclic) bond motifs is 11. The molecule has 1 aliphatic carbocycles. The van der Waals surface area contributed by atoms with Crippen molar-refractivity contribution in [3.63, 3.8) is 0 Å². The fraction of sp³-hybridized carbons (Fsp3) is 0.0545. The molecule has 0 amide bonds. The summed E-state index contributed by atoms with van der Waals surface area (Å²) in [5.74, 6) is 0. The molecule has 0 aliphatic heterocycles. The summed E-state index contributed by atoms with van der Waals surface area (Å²) in [6.07, 6.45) is 0. The highest BCUT2D eigenvalue weighted by atomic mass is 16.3. The highest BCUT2D eigenvalue weighted by Gasteiger charge is 2.37. The van der Waals surface area contributed by atoms with Crippen molar-refractivity contribution in [1.29, 1.82) is 0 Å². The minimum atomic E-state index is -0.145. The normalized spacial score (nSPS) is 13.0. The molecule has 0 radical (unpaired) electrons. The summed E-state index contributed by atoms with van der Waals surface area (Å²) in [7, 11) is 0. The van der Waals surface area contributed by atoms with Crippen molar-refractivity contribution in [1.82, 2.24) is 0 Å². The first-order valence-corrected chi connectivity index (χ1v) is 19.5. The lowest BCUT2D eigenvalue weighted by Gasteiger charge is -2.23. The largest absolute Gasteiger partial charge is 0.455 e. The molecule has 0 N–H and O–H groups in total. The van der Waals surface area contributed by atoms with Crippen LogP contribution in [0.5, 0.6) is 0 Å². The molecule has 1 aromatic heterocycles. The van der Waals surface area contributed by atoms with Gasteiger partial charge in [0, 0.05) is 21.6 Å². The minimum absolute atomic E-state index is 0.145. The fourth-order valence-corrected chi connectivity index (χ4v) is 9.39. The zero-order valence-corrected chi connectivity index (χ0v) is 31.4. The Kier molecular flexibility index (Phi) is 7.28. The molecule has 0 spiro atoms. The molecule has 1 nitrogen and oxygen atoms in total. The Morgan fingerprint density at radius 3 is 1.64 bits per heavy atom. The average molecular weight is 715 g/mol. The van der Waals surface area contributed by atoms with E-state index in [2.05, 4.69) is 202 Å². The van der Waals surface area contributed by atoms with E-state index in [1.807, 2.05) is 6.07 Å². The lowest BCUT2D eigenvalue weighted by atomic mass is 9.80. The first-order chi connectivity index (χ1) is 27.5. The summed E-state index contributed by atoms with van der Waals surface area (Å²) in [6, 6.07) is 70.8. The average Bonchev–Trinajstić information content (AvgIpc) is 3.74. The molecule has 0 bridgehead atoms. The number of rotatable bonds is 3. The lowest BCUT2D eigenvalue weighted by molar-refractivity contribution is 0.665. The van der Waals surface area contributed by atoms with Crippen molar-refractivity contribution in [3.05, 3.63) is 205 Å². The van der Waals surface area contributed by atoms with Crippen LogP contribution in [0.15, 0.2) is 199 Å². The molecule has 0 atom stereocenters. The molecule has 0 saturated carbocycles. The number of furan rings is 1. The Hall–Kier alpha value is -6.96. The maximum Gasteiger partial charge on any atom is 0.143 e. The standard InChI is InChI=1S/C55H38O/c1-55(2)51-31-26-39(34-50(51)47-28-30-49-46(53(47)55)27-29-48-45-20-12-13-21-52(45)56-54(48)49)37-22-23-38-33-40(25-24-36(38)32-37)42-17-9-4-3-8-16-41(35-14-6-5-7-15-35)43-18-10-11-19-44(42)43/h3-34H,1-2H3. The second-order valence-electron chi connectivity index (χ2n) is 15.6. The monoisotopic (exact) mass is 714 g/mol. The van der Waals surface area contributed by atoms with Gasteiger partial charge in [-0.1, -0.05) is 172 Å². The van der Waals surface area contributed by atoms with Crippen molar-refractivity contribution >= 4 is 54.3 Å². The quantitative estimate of drug-likeness (QED) is 0.178. The van der Waals surface area contributed by atoms with Crippen molar-refractivity contribution < 1.29 is 4.42 Å². The van der Waals surface area contributed by atoms with E-state index in [9.17, 15) is 0 Å². The van der Waals surface area contributed by atoms with Crippen LogP contribution in [-0.2, 0) is 5.41 Å². The van der Waals surface area contributed by atoms with Crippen LogP contribution >= 0.6 is 0 Å². The van der Waals surface area contributed by atoms with Gasteiger partial charge in [0.1, 0.15) is 11.2 Å². The third kappa shape index (κ3) is 5.01. The first kappa shape index (κ1) is 32.5. The molecule has 1 aliphatic rings. The van der Waals surface area contributed by atoms with Gasteiger partial charge in [-0.2, -0.15) is 0 Å². The first-order valence-electron chi connectivity index (χ1n) is 19.5. The number of benzene rings is 8. The van der Waals surface area contributed by atoms with E-state index in [1.54, 1.807) is 0 Å². The minimum Gasteiger partial charge on any atom is -0.455 e. The second-order valence-corrected chi connectivity index (χ2v) is 15.6. The SMILES string of the molecule is CC1(C)c2ccc(-c3ccc4cc(-c5ccccccc(-c6ccccc6)c6ccccc56)ccc4c3)cc2-c2ccc3c(ccc4c5ccccc5oc34)c21. The van der Waals surface area contributed by atoms with Crippen LogP contribution in [0.1, 0.15) is 25.0 Å². The van der Waals surface area contributed by atoms with Crippen molar-refractivity contribution in [2.75, 3.05) is 0 Å². The van der Waals surface area contributed by atoms with E-state index in [-0.39, 0.29) is 5.41 Å². The van der Waals surface area contributed by atoms with Crippen LogP contribution in [0.2, 0.25) is 0 Å². The topological polar surface area (TPSA) is 13.1 Å². The van der Waals surface area contributed by atoms with E-state index in [1.165, 1.54) is 98.7 Å². The molecule has 10 aromatic rings. The molecule has 0 saturated heterocycles. The molecule has 56 heavy (non-hydrogen) atoms. The summed E-state index contributed by atoms with van der Waals surface area (Å²) in [4.78, 5) is 0. The summed E-state index contributed by atoms with van der Waals surface area (Å²) in [5.41, 5.74) is 14.4. The van der Waals surface area contributed by atoms with E-state index in [0.29, 0.717) is 0 Å². The molecule has 11 rings (SSSR count). The van der Waals surface area contributed by atoms with Gasteiger partial charge in [-0.15, -0.1) is 0 Å². The molecular formula is C55H38O. The summed E-state index contributed by atoms with van der Waals surface area (Å²) in [5, 5.41) is 9.68. The van der Waals surface area contributed by atoms with E-state index >= 15 is 0 Å². The maximum absolute atomic E-state index is 6.47. The Morgan fingerprint density at radius 2 is 0.875 bits per heavy atom. The summed E-state index contributed by atoms with van der Waals surface area (Å²) < 4.78 is 6.47. The van der Waals surface area contributed by atoms with Gasteiger partial charge in [-0.25, -0.2) is 0 Å². The van der Waals surface area contributed by atoms with Crippen LogP contribution in [0.25, 0.3) is 98.8 Å². The predicted octanol–water partition coefficient (Wildman–Crippen LogP) is 15.5. The predicted molar refractivity (Wildman–Crippen MR) is 238 cm³/mol. The molecule has 0 unspecified atom stereocenters. The van der Waals surface area contributed by atoms with Gasteiger partial charge in [0.15, 0.2) is 0 Å². The van der Waals surface area contributed by atoms with Gasteiger partial charge in [0.25, 0.3) is 0 Å². The Labute approximate surface area is 326 Å². The zero-order valence-electron chi connectivity index (χ0n) is 31.4. The van der Waals surface area contributed by atoms with Crippen molar-refractivity contribution in [3.8, 4) is 44.5 Å². The van der Waals surface area contributed by atoms with Crippen LogP contribution in [-0.4, -0.2) is 0 Å². The highest BCUT2D eigenvalue weighted by Crippen LogP contribution is 2.53. The zero-order chi connectivity index (χ0) is 37.4. The van der Waals surface area contributed by atoms with Gasteiger partial charge in [0.05, 0.1) is 0 Å². The van der Waals surface area contributed by atoms with Gasteiger partial charge in [-0.05, 0) is 119 Å². The summed E-state index contributed by atoms with van der Waals surface area (Å²) in [6.45, 7) is 4.73. The second kappa shape index (κ2) is 12.5. The van der Waals surface area contributed by atoms with Crippen LogP contribution in [0.3, 0.4) is 0 Å². The third-order valence-electron chi connectivity index (χ3n) is 12.1. The van der Waals surface area contributed by atoms with E-state index in [0.717, 1.165) is 11.2 Å². The van der Waals surface area contributed by atoms with Crippen molar-refractivity contribution in [2.45, 2.75) is 19.3 Å². The van der Waals surface area contributed by atoms with Crippen LogP contribution < -0.4 is 0 Å². The molecular weight excluding hydrogens is 677 g/mol. The number of hydrogen-bond donors (Lipinski definition) is 0. The maximum atomic E-state index is 6.47. The van der Waals surface area contributed by atoms with E-state index < -0.39 is 0 Å². The smallest absolute Gasteiger partial charge is 0.143 e. The Balaban J connectivity index is 1.01. The molecule has 1 heteroatoms. The lowest BCUT2D eigenvalue weighted by Crippen LogP contribution is -2.15. The number of para-hydroxylation sites is 1. The van der Waals surface area contributed by atoms with Crippen LogP contribution in [0.4, 0.5) is 0 Å². The van der Waals surface area contributed by atoms with E-state index in [4.69, 9.17) is 4.42 Å². The highest BCUT2D eigenvalue weighted by molar-refractivity contribution is 6.17. The Morgan fingerprint density at radius 1 is 0.339 bits per heavy atom. The van der Waals surface area contributed by atoms with Gasteiger partial charge >= 0.3 is 0 Å². The van der Waals surface area contributed by atoms with Crippen LogP contribution in [0, 0.1) is 0 Å². The molecule has 264 valence electrons. The molecule has 9 aromatic carbocycles. The van der Waals surface area contributed by atoms with Gasteiger partial charge in [0.2, 0.25) is 0 Å².